The third kappa shape index (κ3) is 3.59. The van der Waals surface area contributed by atoms with Crippen LogP contribution in [-0.2, 0) is 0 Å². The number of nitrogens with zero attached hydrogens (tertiary/aromatic N) is 3. The summed E-state index contributed by atoms with van der Waals surface area (Å²) in [4.78, 5) is 2.79. The first-order valence-electron chi connectivity index (χ1n) is 5.75. The normalized spacial score (nSPS) is 27.4. The summed E-state index contributed by atoms with van der Waals surface area (Å²) in [6.07, 6.45) is 6.51. The summed E-state index contributed by atoms with van der Waals surface area (Å²) in [5.41, 5.74) is 8.17. The molecule has 0 heterocycles. The van der Waals surface area contributed by atoms with E-state index >= 15 is 0 Å². The van der Waals surface area contributed by atoms with Gasteiger partial charge < -0.3 is 0 Å². The van der Waals surface area contributed by atoms with Crippen LogP contribution in [0.5, 0.6) is 0 Å². The Morgan fingerprint density at radius 1 is 1.29 bits per heavy atom. The SMILES string of the molecule is CC(C)C1CCC(CCN=[N+]=[N-])CC1. The molecule has 0 aromatic heterocycles. The summed E-state index contributed by atoms with van der Waals surface area (Å²) >= 11 is 0. The molecule has 1 aliphatic rings. The molecule has 1 rings (SSSR count). The first-order chi connectivity index (χ1) is 6.74. The molecule has 1 aliphatic carbocycles. The van der Waals surface area contributed by atoms with Gasteiger partial charge in [0, 0.05) is 11.5 Å². The zero-order chi connectivity index (χ0) is 10.4. The van der Waals surface area contributed by atoms with Crippen LogP contribution in [0.25, 0.3) is 10.4 Å². The summed E-state index contributed by atoms with van der Waals surface area (Å²) in [5, 5.41) is 3.60. The van der Waals surface area contributed by atoms with E-state index in [2.05, 4.69) is 23.9 Å². The Morgan fingerprint density at radius 2 is 1.93 bits per heavy atom. The molecular weight excluding hydrogens is 174 g/mol. The van der Waals surface area contributed by atoms with Crippen LogP contribution in [0, 0.1) is 17.8 Å². The topological polar surface area (TPSA) is 48.8 Å². The zero-order valence-electron chi connectivity index (χ0n) is 9.32. The van der Waals surface area contributed by atoms with E-state index in [1.54, 1.807) is 0 Å². The highest BCUT2D eigenvalue weighted by molar-refractivity contribution is 4.74. The lowest BCUT2D eigenvalue weighted by Crippen LogP contribution is -2.18. The van der Waals surface area contributed by atoms with Gasteiger partial charge in [0.2, 0.25) is 0 Å². The number of hydrogen-bond acceptors (Lipinski definition) is 1. The number of azide groups is 1. The molecule has 1 saturated carbocycles. The van der Waals surface area contributed by atoms with Crippen molar-refractivity contribution in [3.8, 4) is 0 Å². The van der Waals surface area contributed by atoms with Gasteiger partial charge in [0.05, 0.1) is 0 Å². The molecule has 14 heavy (non-hydrogen) atoms. The highest BCUT2D eigenvalue weighted by atomic mass is 15.1. The van der Waals surface area contributed by atoms with Crippen LogP contribution in [0.1, 0.15) is 46.0 Å². The minimum Gasteiger partial charge on any atom is -0.0940 e. The van der Waals surface area contributed by atoms with Crippen molar-refractivity contribution < 1.29 is 0 Å². The molecule has 0 amide bonds. The van der Waals surface area contributed by atoms with Crippen molar-refractivity contribution in [1.82, 2.24) is 0 Å². The Hall–Kier alpha value is -0.690. The van der Waals surface area contributed by atoms with E-state index in [0.29, 0.717) is 6.54 Å². The van der Waals surface area contributed by atoms with Gasteiger partial charge in [0.1, 0.15) is 0 Å². The molecule has 0 saturated heterocycles. The van der Waals surface area contributed by atoms with Gasteiger partial charge in [0.15, 0.2) is 0 Å². The lowest BCUT2D eigenvalue weighted by atomic mass is 9.76. The summed E-state index contributed by atoms with van der Waals surface area (Å²) in [6, 6.07) is 0. The molecule has 0 radical (unpaired) electrons. The van der Waals surface area contributed by atoms with E-state index in [1.807, 2.05) is 0 Å². The van der Waals surface area contributed by atoms with Gasteiger partial charge in [-0.2, -0.15) is 0 Å². The molecule has 3 heteroatoms. The molecule has 0 bridgehead atoms. The molecule has 0 atom stereocenters. The lowest BCUT2D eigenvalue weighted by molar-refractivity contribution is 0.218. The molecule has 1 fully saturated rings. The Morgan fingerprint density at radius 3 is 2.43 bits per heavy atom. The highest BCUT2D eigenvalue weighted by Crippen LogP contribution is 2.34. The van der Waals surface area contributed by atoms with E-state index in [4.69, 9.17) is 5.53 Å². The maximum absolute atomic E-state index is 8.17. The van der Waals surface area contributed by atoms with Gasteiger partial charge in [0.25, 0.3) is 0 Å². The zero-order valence-corrected chi connectivity index (χ0v) is 9.32. The van der Waals surface area contributed by atoms with E-state index in [0.717, 1.165) is 24.2 Å². The smallest absolute Gasteiger partial charge is 0.0260 e. The summed E-state index contributed by atoms with van der Waals surface area (Å²) in [6.45, 7) is 5.34. The standard InChI is InChI=1S/C11H21N3/c1-9(2)11-5-3-10(4-6-11)7-8-13-14-12/h9-11H,3-8H2,1-2H3. The van der Waals surface area contributed by atoms with E-state index in [9.17, 15) is 0 Å². The Kier molecular flexibility index (Phi) is 4.81. The van der Waals surface area contributed by atoms with Crippen LogP contribution in [-0.4, -0.2) is 6.54 Å². The van der Waals surface area contributed by atoms with Crippen LogP contribution in [0.15, 0.2) is 5.11 Å². The third-order valence-electron chi connectivity index (χ3n) is 3.53. The van der Waals surface area contributed by atoms with Gasteiger partial charge in [-0.3, -0.25) is 0 Å². The average Bonchev–Trinajstić information content (AvgIpc) is 2.19. The Labute approximate surface area is 86.5 Å². The van der Waals surface area contributed by atoms with Crippen molar-refractivity contribution in [3.05, 3.63) is 10.4 Å². The second-order valence-electron chi connectivity index (χ2n) is 4.77. The molecule has 0 aromatic carbocycles. The summed E-state index contributed by atoms with van der Waals surface area (Å²) < 4.78 is 0. The molecule has 0 spiro atoms. The highest BCUT2D eigenvalue weighted by Gasteiger charge is 2.22. The minimum absolute atomic E-state index is 0.688. The maximum atomic E-state index is 8.17. The predicted octanol–water partition coefficient (Wildman–Crippen LogP) is 4.15. The number of rotatable bonds is 4. The molecule has 80 valence electrons. The maximum Gasteiger partial charge on any atom is 0.0260 e. The molecule has 0 N–H and O–H groups in total. The fourth-order valence-electron chi connectivity index (χ4n) is 2.43. The van der Waals surface area contributed by atoms with Crippen LogP contribution < -0.4 is 0 Å². The molecule has 0 aromatic rings. The molecule has 0 aliphatic heterocycles. The average molecular weight is 195 g/mol. The number of hydrogen-bond donors (Lipinski definition) is 0. The Balaban J connectivity index is 2.18. The predicted molar refractivity (Wildman–Crippen MR) is 58.9 cm³/mol. The fourth-order valence-corrected chi connectivity index (χ4v) is 2.43. The molecule has 3 nitrogen and oxygen atoms in total. The van der Waals surface area contributed by atoms with Gasteiger partial charge in [-0.1, -0.05) is 31.8 Å². The monoisotopic (exact) mass is 195 g/mol. The van der Waals surface area contributed by atoms with E-state index in [-0.39, 0.29) is 0 Å². The molecular formula is C11H21N3. The third-order valence-corrected chi connectivity index (χ3v) is 3.53. The van der Waals surface area contributed by atoms with Gasteiger partial charge in [-0.05, 0) is 42.5 Å². The van der Waals surface area contributed by atoms with Gasteiger partial charge in [-0.15, -0.1) is 0 Å². The van der Waals surface area contributed by atoms with Crippen molar-refractivity contribution in [2.45, 2.75) is 46.0 Å². The van der Waals surface area contributed by atoms with Crippen molar-refractivity contribution in [2.24, 2.45) is 22.9 Å². The first kappa shape index (κ1) is 11.4. The first-order valence-corrected chi connectivity index (χ1v) is 5.75. The van der Waals surface area contributed by atoms with E-state index in [1.165, 1.54) is 25.7 Å². The minimum atomic E-state index is 0.688. The summed E-state index contributed by atoms with van der Waals surface area (Å²) in [7, 11) is 0. The van der Waals surface area contributed by atoms with Gasteiger partial charge in [-0.25, -0.2) is 0 Å². The fraction of sp³-hybridized carbons (Fsp3) is 1.00. The van der Waals surface area contributed by atoms with Crippen LogP contribution in [0.2, 0.25) is 0 Å². The molecule has 0 unspecified atom stereocenters. The van der Waals surface area contributed by atoms with E-state index < -0.39 is 0 Å². The second-order valence-corrected chi connectivity index (χ2v) is 4.77. The van der Waals surface area contributed by atoms with Crippen molar-refractivity contribution in [2.75, 3.05) is 6.54 Å². The van der Waals surface area contributed by atoms with Crippen LogP contribution >= 0.6 is 0 Å². The quantitative estimate of drug-likeness (QED) is 0.367. The van der Waals surface area contributed by atoms with Crippen LogP contribution in [0.3, 0.4) is 0 Å². The largest absolute Gasteiger partial charge is 0.0940 e. The summed E-state index contributed by atoms with van der Waals surface area (Å²) in [5.74, 6) is 2.59. The Bertz CT molecular complexity index is 199. The van der Waals surface area contributed by atoms with Crippen molar-refractivity contribution in [3.63, 3.8) is 0 Å². The van der Waals surface area contributed by atoms with Crippen LogP contribution in [0.4, 0.5) is 0 Å². The van der Waals surface area contributed by atoms with Crippen molar-refractivity contribution >= 4 is 0 Å². The van der Waals surface area contributed by atoms with Gasteiger partial charge >= 0.3 is 0 Å². The lowest BCUT2D eigenvalue weighted by Gasteiger charge is -2.30. The second kappa shape index (κ2) is 5.92. The van der Waals surface area contributed by atoms with Crippen molar-refractivity contribution in [1.29, 1.82) is 0 Å².